The van der Waals surface area contributed by atoms with Gasteiger partial charge in [-0.2, -0.15) is 0 Å². The van der Waals surface area contributed by atoms with Crippen LogP contribution in [0.25, 0.3) is 0 Å². The second-order valence-electron chi connectivity index (χ2n) is 12.4. The molecule has 40 heavy (non-hydrogen) atoms. The zero-order valence-corrected chi connectivity index (χ0v) is 26.8. The molecule has 0 radical (unpaired) electrons. The lowest BCUT2D eigenvalue weighted by Gasteiger charge is -2.36. The van der Waals surface area contributed by atoms with Crippen molar-refractivity contribution in [2.75, 3.05) is 6.54 Å². The Balaban J connectivity index is 3.45. The minimum absolute atomic E-state index is 0.0123. The van der Waals surface area contributed by atoms with E-state index in [0.29, 0.717) is 6.54 Å². The average Bonchev–Trinajstić information content (AvgIpc) is 2.87. The molecule has 1 aromatic rings. The molecule has 1 aromatic carbocycles. The Kier molecular flexibility index (Phi) is 15.9. The van der Waals surface area contributed by atoms with Crippen LogP contribution in [0.1, 0.15) is 131 Å². The van der Waals surface area contributed by atoms with Gasteiger partial charge in [-0.1, -0.05) is 97.4 Å². The van der Waals surface area contributed by atoms with Crippen LogP contribution in [0.2, 0.25) is 0 Å². The number of carbonyl (C=O) groups excluding carboxylic acids is 3. The van der Waals surface area contributed by atoms with Crippen LogP contribution in [0.15, 0.2) is 24.3 Å². The Labute approximate surface area is 244 Å². The van der Waals surface area contributed by atoms with Gasteiger partial charge in [0, 0.05) is 12.6 Å². The molecule has 0 aliphatic heterocycles. The van der Waals surface area contributed by atoms with Crippen LogP contribution in [-0.4, -0.2) is 47.0 Å². The molecule has 1 rings (SSSR count). The highest BCUT2D eigenvalue weighted by atomic mass is 16.6. The molecule has 0 aliphatic rings. The Morgan fingerprint density at radius 1 is 0.850 bits per heavy atom. The molecule has 3 unspecified atom stereocenters. The third kappa shape index (κ3) is 12.7. The summed E-state index contributed by atoms with van der Waals surface area (Å²) >= 11 is 0. The zero-order valence-electron chi connectivity index (χ0n) is 26.8. The second-order valence-corrected chi connectivity index (χ2v) is 12.4. The summed E-state index contributed by atoms with van der Waals surface area (Å²) in [6.07, 6.45) is 8.44. The summed E-state index contributed by atoms with van der Waals surface area (Å²) in [5, 5.41) is 5.97. The Hall–Kier alpha value is -2.57. The van der Waals surface area contributed by atoms with Crippen LogP contribution in [0, 0.1) is 5.92 Å². The molecule has 7 heteroatoms. The highest BCUT2D eigenvalue weighted by molar-refractivity contribution is 5.92. The summed E-state index contributed by atoms with van der Waals surface area (Å²) in [5.41, 5.74) is 1.26. The fourth-order valence-corrected chi connectivity index (χ4v) is 4.79. The fraction of sp³-hybridized carbons (Fsp3) is 0.727. The minimum atomic E-state index is -0.826. The van der Waals surface area contributed by atoms with Crippen molar-refractivity contribution in [1.82, 2.24) is 15.5 Å². The number of amides is 3. The van der Waals surface area contributed by atoms with Gasteiger partial charge < -0.3 is 20.3 Å². The van der Waals surface area contributed by atoms with Gasteiger partial charge in [-0.15, -0.1) is 0 Å². The number of nitrogens with one attached hydrogen (secondary N) is 2. The number of nitrogens with zero attached hydrogens (tertiary/aromatic N) is 1. The molecule has 0 fully saturated rings. The fourth-order valence-electron chi connectivity index (χ4n) is 4.79. The van der Waals surface area contributed by atoms with Gasteiger partial charge in [-0.25, -0.2) is 4.79 Å². The molecule has 3 amide bonds. The maximum Gasteiger partial charge on any atom is 0.408 e. The van der Waals surface area contributed by atoms with Crippen LogP contribution in [0.5, 0.6) is 0 Å². The van der Waals surface area contributed by atoms with E-state index >= 15 is 0 Å². The number of benzene rings is 1. The molecule has 0 aromatic heterocycles. The number of hydrogen-bond donors (Lipinski definition) is 2. The molecule has 7 nitrogen and oxygen atoms in total. The van der Waals surface area contributed by atoms with Crippen LogP contribution in [0.4, 0.5) is 4.79 Å². The van der Waals surface area contributed by atoms with Crippen LogP contribution < -0.4 is 10.6 Å². The van der Waals surface area contributed by atoms with Gasteiger partial charge in [0.15, 0.2) is 0 Å². The molecule has 0 heterocycles. The Morgan fingerprint density at radius 3 is 1.98 bits per heavy atom. The number of unbranched alkanes of at least 4 members (excludes halogenated alkanes) is 5. The molecule has 2 N–H and O–H groups in total. The third-order valence-electron chi connectivity index (χ3n) is 7.01. The monoisotopic (exact) mass is 559 g/mol. The van der Waals surface area contributed by atoms with Crippen molar-refractivity contribution in [2.24, 2.45) is 5.92 Å². The highest BCUT2D eigenvalue weighted by Gasteiger charge is 2.37. The van der Waals surface area contributed by atoms with Crippen LogP contribution in [-0.2, 0) is 20.7 Å². The lowest BCUT2D eigenvalue weighted by molar-refractivity contribution is -0.143. The van der Waals surface area contributed by atoms with E-state index in [1.165, 1.54) is 18.4 Å². The van der Waals surface area contributed by atoms with E-state index in [1.54, 1.807) is 25.7 Å². The maximum atomic E-state index is 14.3. The summed E-state index contributed by atoms with van der Waals surface area (Å²) < 4.78 is 5.48. The molecular weight excluding hydrogens is 502 g/mol. The van der Waals surface area contributed by atoms with Crippen molar-refractivity contribution in [3.8, 4) is 0 Å². The van der Waals surface area contributed by atoms with Gasteiger partial charge in [-0.05, 0) is 64.0 Å². The first-order valence-corrected chi connectivity index (χ1v) is 15.5. The van der Waals surface area contributed by atoms with E-state index in [2.05, 4.69) is 31.4 Å². The molecule has 0 saturated carbocycles. The maximum absolute atomic E-state index is 14.3. The Morgan fingerprint density at radius 2 is 1.45 bits per heavy atom. The summed E-state index contributed by atoms with van der Waals surface area (Å²) in [5.74, 6) is -0.654. The van der Waals surface area contributed by atoms with Crippen molar-refractivity contribution in [3.05, 3.63) is 35.4 Å². The first-order valence-electron chi connectivity index (χ1n) is 15.5. The summed E-state index contributed by atoms with van der Waals surface area (Å²) in [6, 6.07) is 6.33. The molecule has 0 saturated heterocycles. The van der Waals surface area contributed by atoms with Crippen molar-refractivity contribution in [3.63, 3.8) is 0 Å². The first kappa shape index (κ1) is 35.5. The molecule has 0 spiro atoms. The number of carbonyl (C=O) groups is 3. The number of aryl methyl sites for hydroxylation is 1. The van der Waals surface area contributed by atoms with Gasteiger partial charge in [0.05, 0.1) is 0 Å². The van der Waals surface area contributed by atoms with Crippen molar-refractivity contribution < 1.29 is 19.1 Å². The normalized spacial score (nSPS) is 13.8. The topological polar surface area (TPSA) is 87.7 Å². The minimum Gasteiger partial charge on any atom is -0.444 e. The number of hydrogen-bond acceptors (Lipinski definition) is 4. The van der Waals surface area contributed by atoms with E-state index < -0.39 is 23.8 Å². The number of alkyl carbamates (subject to hydrolysis) is 1. The second kappa shape index (κ2) is 18.0. The quantitative estimate of drug-likeness (QED) is 0.196. The Bertz CT molecular complexity index is 892. The largest absolute Gasteiger partial charge is 0.444 e. The predicted molar refractivity (Wildman–Crippen MR) is 164 cm³/mol. The molecule has 0 aliphatic carbocycles. The van der Waals surface area contributed by atoms with E-state index in [1.807, 2.05) is 45.0 Å². The van der Waals surface area contributed by atoms with E-state index in [9.17, 15) is 14.4 Å². The number of rotatable bonds is 17. The lowest BCUT2D eigenvalue weighted by atomic mass is 9.97. The van der Waals surface area contributed by atoms with E-state index in [0.717, 1.165) is 50.5 Å². The van der Waals surface area contributed by atoms with Gasteiger partial charge in [-0.3, -0.25) is 9.59 Å². The SMILES string of the molecule is CCCCCCCCN(C(=O)C(NC(=O)OC(C)(C)C)C(C)C)C(C(=O)NC(C)CCC)c1ccc(CC)cc1. The van der Waals surface area contributed by atoms with Gasteiger partial charge in [0.25, 0.3) is 0 Å². The predicted octanol–water partition coefficient (Wildman–Crippen LogP) is 7.33. The average molecular weight is 560 g/mol. The summed E-state index contributed by atoms with van der Waals surface area (Å²) in [6.45, 7) is 18.0. The molecule has 228 valence electrons. The third-order valence-corrected chi connectivity index (χ3v) is 7.01. The van der Waals surface area contributed by atoms with Gasteiger partial charge in [0.1, 0.15) is 17.7 Å². The number of ether oxygens (including phenoxy) is 1. The van der Waals surface area contributed by atoms with Crippen molar-refractivity contribution >= 4 is 17.9 Å². The zero-order chi connectivity index (χ0) is 30.3. The highest BCUT2D eigenvalue weighted by Crippen LogP contribution is 2.26. The summed E-state index contributed by atoms with van der Waals surface area (Å²) in [4.78, 5) is 42.6. The standard InChI is InChI=1S/C33H57N3O4/c1-10-13-14-15-16-17-23-36(31(38)28(24(4)5)35-32(39)40-33(7,8)9)29(30(37)34-25(6)18-11-2)27-21-19-26(12-3)20-22-27/h19-22,24-25,28-29H,10-18,23H2,1-9H3,(H,34,37)(H,35,39). The van der Waals surface area contributed by atoms with Crippen molar-refractivity contribution in [2.45, 2.75) is 144 Å². The van der Waals surface area contributed by atoms with Crippen LogP contribution in [0.3, 0.4) is 0 Å². The summed E-state index contributed by atoms with van der Waals surface area (Å²) in [7, 11) is 0. The molecule has 0 bridgehead atoms. The molecule has 3 atom stereocenters. The van der Waals surface area contributed by atoms with Crippen LogP contribution >= 0.6 is 0 Å². The first-order chi connectivity index (χ1) is 18.8. The lowest BCUT2D eigenvalue weighted by Crippen LogP contribution is -2.55. The smallest absolute Gasteiger partial charge is 0.408 e. The van der Waals surface area contributed by atoms with Crippen molar-refractivity contribution in [1.29, 1.82) is 0 Å². The van der Waals surface area contributed by atoms with Gasteiger partial charge >= 0.3 is 6.09 Å². The van der Waals surface area contributed by atoms with E-state index in [-0.39, 0.29) is 23.8 Å². The van der Waals surface area contributed by atoms with Gasteiger partial charge in [0.2, 0.25) is 11.8 Å². The van der Waals surface area contributed by atoms with E-state index in [4.69, 9.17) is 4.74 Å². The molecular formula is C33H57N3O4.